The van der Waals surface area contributed by atoms with Crippen molar-refractivity contribution >= 4 is 5.97 Å². The van der Waals surface area contributed by atoms with Crippen LogP contribution in [0.3, 0.4) is 0 Å². The molecule has 0 saturated heterocycles. The highest BCUT2D eigenvalue weighted by Gasteiger charge is 2.28. The van der Waals surface area contributed by atoms with Crippen molar-refractivity contribution in [3.63, 3.8) is 0 Å². The van der Waals surface area contributed by atoms with Gasteiger partial charge < -0.3 is 15.2 Å². The molecule has 2 aromatic rings. The van der Waals surface area contributed by atoms with Crippen molar-refractivity contribution in [1.29, 1.82) is 0 Å². The minimum atomic E-state index is -0.952. The Morgan fingerprint density at radius 2 is 2.05 bits per heavy atom. The molecule has 6 nitrogen and oxygen atoms in total. The molecule has 0 aliphatic carbocycles. The van der Waals surface area contributed by atoms with Crippen molar-refractivity contribution in [2.45, 2.75) is 12.6 Å². The highest BCUT2D eigenvalue weighted by atomic mass is 16.5. The second-order valence-corrected chi connectivity index (χ2v) is 4.81. The Labute approximate surface area is 129 Å². The average Bonchev–Trinajstić information content (AvgIpc) is 2.59. The second-order valence-electron chi connectivity index (χ2n) is 4.81. The molecule has 0 aliphatic rings. The summed E-state index contributed by atoms with van der Waals surface area (Å²) in [6, 6.07) is 8.99. The van der Waals surface area contributed by atoms with Crippen LogP contribution in [0.2, 0.25) is 0 Å². The van der Waals surface area contributed by atoms with Crippen LogP contribution in [0.1, 0.15) is 17.4 Å². The van der Waals surface area contributed by atoms with E-state index >= 15 is 0 Å². The van der Waals surface area contributed by atoms with E-state index in [2.05, 4.69) is 15.3 Å². The number of pyridine rings is 2. The molecule has 0 fully saturated rings. The summed E-state index contributed by atoms with van der Waals surface area (Å²) in [5.41, 5.74) is 1.49. The maximum absolute atomic E-state index is 11.9. The van der Waals surface area contributed by atoms with Crippen LogP contribution in [0, 0.1) is 5.92 Å². The highest BCUT2D eigenvalue weighted by Crippen LogP contribution is 2.22. The molecule has 0 spiro atoms. The monoisotopic (exact) mass is 301 g/mol. The van der Waals surface area contributed by atoms with Gasteiger partial charge in [0.25, 0.3) is 0 Å². The molecular weight excluding hydrogens is 282 g/mol. The van der Waals surface area contributed by atoms with Gasteiger partial charge in [0, 0.05) is 31.7 Å². The van der Waals surface area contributed by atoms with Gasteiger partial charge in [0.2, 0.25) is 0 Å². The Balaban J connectivity index is 1.99. The van der Waals surface area contributed by atoms with Crippen molar-refractivity contribution in [3.8, 4) is 0 Å². The van der Waals surface area contributed by atoms with E-state index in [4.69, 9.17) is 4.74 Å². The zero-order valence-electron chi connectivity index (χ0n) is 12.3. The smallest absolute Gasteiger partial charge is 0.312 e. The van der Waals surface area contributed by atoms with E-state index in [-0.39, 0.29) is 6.54 Å². The van der Waals surface area contributed by atoms with Gasteiger partial charge in [-0.15, -0.1) is 0 Å². The van der Waals surface area contributed by atoms with Crippen molar-refractivity contribution in [2.24, 2.45) is 5.92 Å². The number of aliphatic hydroxyl groups is 1. The Hall–Kier alpha value is -2.31. The lowest BCUT2D eigenvalue weighted by Gasteiger charge is -2.21. The first-order valence-corrected chi connectivity index (χ1v) is 6.99. The van der Waals surface area contributed by atoms with Gasteiger partial charge in [0.1, 0.15) is 0 Å². The SMILES string of the molecule is COC(=O)[C@@H](CNCc1ccccn1)[C@H](O)c1ccncc1. The molecule has 0 radical (unpaired) electrons. The maximum Gasteiger partial charge on any atom is 0.312 e. The first-order chi connectivity index (χ1) is 10.7. The maximum atomic E-state index is 11.9. The lowest BCUT2D eigenvalue weighted by atomic mass is 9.96. The molecule has 0 aromatic carbocycles. The van der Waals surface area contributed by atoms with Gasteiger partial charge in [-0.1, -0.05) is 6.07 Å². The predicted octanol–water partition coefficient (Wildman–Crippen LogP) is 1.09. The Morgan fingerprint density at radius 1 is 1.27 bits per heavy atom. The van der Waals surface area contributed by atoms with Gasteiger partial charge in [0.15, 0.2) is 0 Å². The van der Waals surface area contributed by atoms with E-state index in [9.17, 15) is 9.90 Å². The van der Waals surface area contributed by atoms with Gasteiger partial charge in [-0.25, -0.2) is 0 Å². The molecule has 0 unspecified atom stereocenters. The number of aliphatic hydroxyl groups excluding tert-OH is 1. The Morgan fingerprint density at radius 3 is 2.68 bits per heavy atom. The predicted molar refractivity (Wildman–Crippen MR) is 80.6 cm³/mol. The van der Waals surface area contributed by atoms with E-state index in [0.717, 1.165) is 5.69 Å². The van der Waals surface area contributed by atoms with Crippen molar-refractivity contribution in [2.75, 3.05) is 13.7 Å². The van der Waals surface area contributed by atoms with Crippen molar-refractivity contribution in [3.05, 3.63) is 60.2 Å². The van der Waals surface area contributed by atoms with Crippen molar-refractivity contribution < 1.29 is 14.6 Å². The first kappa shape index (κ1) is 16.1. The first-order valence-electron chi connectivity index (χ1n) is 6.99. The number of carbonyl (C=O) groups is 1. The molecule has 2 N–H and O–H groups in total. The Kier molecular flexibility index (Phi) is 6.00. The fraction of sp³-hybridized carbons (Fsp3) is 0.312. The third-order valence-electron chi connectivity index (χ3n) is 3.33. The number of nitrogens with zero attached hydrogens (tertiary/aromatic N) is 2. The van der Waals surface area contributed by atoms with Crippen molar-refractivity contribution in [1.82, 2.24) is 15.3 Å². The standard InChI is InChI=1S/C16H19N3O3/c1-22-16(21)14(15(20)12-5-8-17-9-6-12)11-18-10-13-4-2-3-7-19-13/h2-9,14-15,18,20H,10-11H2,1H3/t14-,15+/m0/s1. The Bertz CT molecular complexity index is 578. The van der Waals surface area contributed by atoms with Crippen LogP contribution in [0.15, 0.2) is 48.9 Å². The highest BCUT2D eigenvalue weighted by molar-refractivity contribution is 5.73. The summed E-state index contributed by atoms with van der Waals surface area (Å²) >= 11 is 0. The molecule has 2 heterocycles. The molecule has 2 aromatic heterocycles. The summed E-state index contributed by atoms with van der Waals surface area (Å²) in [5.74, 6) is -1.16. The number of ether oxygens (including phenoxy) is 1. The summed E-state index contributed by atoms with van der Waals surface area (Å²) in [4.78, 5) is 20.0. The minimum Gasteiger partial charge on any atom is -0.469 e. The number of rotatable bonds is 7. The van der Waals surface area contributed by atoms with Gasteiger partial charge >= 0.3 is 5.97 Å². The van der Waals surface area contributed by atoms with Crippen LogP contribution in [0.4, 0.5) is 0 Å². The molecule has 2 atom stereocenters. The molecule has 0 aliphatic heterocycles. The van der Waals surface area contributed by atoms with Gasteiger partial charge in [-0.2, -0.15) is 0 Å². The number of hydrogen-bond donors (Lipinski definition) is 2. The zero-order chi connectivity index (χ0) is 15.8. The van der Waals surface area contributed by atoms with Crippen LogP contribution in [-0.4, -0.2) is 34.7 Å². The molecule has 0 saturated carbocycles. The lowest BCUT2D eigenvalue weighted by molar-refractivity contribution is -0.149. The largest absolute Gasteiger partial charge is 0.469 e. The summed E-state index contributed by atoms with van der Waals surface area (Å²) < 4.78 is 4.79. The van der Waals surface area contributed by atoms with Gasteiger partial charge in [0.05, 0.1) is 24.8 Å². The van der Waals surface area contributed by atoms with E-state index in [0.29, 0.717) is 12.1 Å². The molecule has 0 bridgehead atoms. The molecule has 116 valence electrons. The topological polar surface area (TPSA) is 84.3 Å². The normalized spacial score (nSPS) is 13.4. The fourth-order valence-corrected chi connectivity index (χ4v) is 2.13. The summed E-state index contributed by atoms with van der Waals surface area (Å²) in [5, 5.41) is 13.5. The molecule has 0 amide bonds. The number of aromatic nitrogens is 2. The number of methoxy groups -OCH3 is 1. The fourth-order valence-electron chi connectivity index (χ4n) is 2.13. The van der Waals surface area contributed by atoms with Gasteiger partial charge in [-0.05, 0) is 29.8 Å². The summed E-state index contributed by atoms with van der Waals surface area (Å²) in [7, 11) is 1.31. The summed E-state index contributed by atoms with van der Waals surface area (Å²) in [6.45, 7) is 0.796. The number of nitrogens with one attached hydrogen (secondary N) is 1. The van der Waals surface area contributed by atoms with Crippen LogP contribution in [0.5, 0.6) is 0 Å². The minimum absolute atomic E-state index is 0.284. The van der Waals surface area contributed by atoms with E-state index in [1.54, 1.807) is 30.7 Å². The van der Waals surface area contributed by atoms with Crippen LogP contribution < -0.4 is 5.32 Å². The third kappa shape index (κ3) is 4.34. The van der Waals surface area contributed by atoms with Crippen LogP contribution >= 0.6 is 0 Å². The van der Waals surface area contributed by atoms with E-state index in [1.165, 1.54) is 7.11 Å². The second kappa shape index (κ2) is 8.21. The lowest BCUT2D eigenvalue weighted by Crippen LogP contribution is -2.34. The quantitative estimate of drug-likeness (QED) is 0.745. The zero-order valence-corrected chi connectivity index (χ0v) is 12.3. The third-order valence-corrected chi connectivity index (χ3v) is 3.33. The number of esters is 1. The molecule has 6 heteroatoms. The molecule has 2 rings (SSSR count). The van der Waals surface area contributed by atoms with E-state index in [1.807, 2.05) is 18.2 Å². The van der Waals surface area contributed by atoms with E-state index < -0.39 is 18.0 Å². The molecular formula is C16H19N3O3. The average molecular weight is 301 g/mol. The molecule has 22 heavy (non-hydrogen) atoms. The van der Waals surface area contributed by atoms with Crippen LogP contribution in [-0.2, 0) is 16.1 Å². The number of hydrogen-bond acceptors (Lipinski definition) is 6. The van der Waals surface area contributed by atoms with Crippen LogP contribution in [0.25, 0.3) is 0 Å². The number of carbonyl (C=O) groups excluding carboxylic acids is 1. The summed E-state index contributed by atoms with van der Waals surface area (Å²) in [6.07, 6.45) is 3.91. The van der Waals surface area contributed by atoms with Gasteiger partial charge in [-0.3, -0.25) is 14.8 Å².